The third-order valence-electron chi connectivity index (χ3n) is 4.18. The molecule has 1 unspecified atom stereocenters. The molecule has 25 heavy (non-hydrogen) atoms. The largest absolute Gasteiger partial charge is 0.385 e. The fourth-order valence-corrected chi connectivity index (χ4v) is 2.45. The summed E-state index contributed by atoms with van der Waals surface area (Å²) in [5, 5.41) is 15.1. The van der Waals surface area contributed by atoms with Crippen molar-refractivity contribution in [3.8, 4) is 0 Å². The molecule has 2 N–H and O–H groups in total. The smallest absolute Gasteiger partial charge is 0.191 e. The van der Waals surface area contributed by atoms with E-state index in [0.29, 0.717) is 12.6 Å². The van der Waals surface area contributed by atoms with Crippen LogP contribution in [0.2, 0.25) is 0 Å². The van der Waals surface area contributed by atoms with Crippen LogP contribution in [0.3, 0.4) is 0 Å². The zero-order valence-corrected chi connectivity index (χ0v) is 16.8. The Bertz CT molecular complexity index is 512. The molecule has 0 bridgehead atoms. The summed E-state index contributed by atoms with van der Waals surface area (Å²) < 4.78 is 7.08. The van der Waals surface area contributed by atoms with E-state index < -0.39 is 0 Å². The monoisotopic (exact) mass is 352 g/mol. The minimum absolute atomic E-state index is 0.383. The van der Waals surface area contributed by atoms with Crippen molar-refractivity contribution in [2.24, 2.45) is 18.0 Å². The first kappa shape index (κ1) is 21.4. The highest BCUT2D eigenvalue weighted by atomic mass is 16.5. The molecule has 0 aromatic carbocycles. The van der Waals surface area contributed by atoms with Crippen LogP contribution in [0.15, 0.2) is 4.99 Å². The van der Waals surface area contributed by atoms with Gasteiger partial charge in [-0.15, -0.1) is 10.2 Å². The normalized spacial score (nSPS) is 13.3. The number of rotatable bonds is 11. The molecule has 0 aliphatic heterocycles. The Labute approximate surface area is 152 Å². The Morgan fingerprint density at radius 1 is 1.20 bits per heavy atom. The average molecular weight is 353 g/mol. The topological polar surface area (TPSA) is 76.4 Å². The van der Waals surface area contributed by atoms with Gasteiger partial charge >= 0.3 is 0 Å². The van der Waals surface area contributed by atoms with Crippen LogP contribution in [-0.4, -0.2) is 47.0 Å². The number of nitrogens with one attached hydrogen (secondary N) is 2. The number of hydrogen-bond acceptors (Lipinski definition) is 4. The highest BCUT2D eigenvalue weighted by Gasteiger charge is 2.08. The Morgan fingerprint density at radius 3 is 2.56 bits per heavy atom. The predicted molar refractivity (Wildman–Crippen MR) is 103 cm³/mol. The maximum atomic E-state index is 5.11. The molecule has 0 aliphatic carbocycles. The van der Waals surface area contributed by atoms with Crippen molar-refractivity contribution in [3.63, 3.8) is 0 Å². The third kappa shape index (κ3) is 8.86. The maximum absolute atomic E-state index is 5.11. The summed E-state index contributed by atoms with van der Waals surface area (Å²) in [7, 11) is 3.69. The van der Waals surface area contributed by atoms with Crippen molar-refractivity contribution in [1.82, 2.24) is 25.4 Å². The van der Waals surface area contributed by atoms with Gasteiger partial charge in [-0.1, -0.05) is 26.7 Å². The second-order valence-electron chi connectivity index (χ2n) is 7.03. The van der Waals surface area contributed by atoms with Crippen LogP contribution in [0.1, 0.15) is 58.1 Å². The van der Waals surface area contributed by atoms with Crippen molar-refractivity contribution < 1.29 is 4.74 Å². The lowest BCUT2D eigenvalue weighted by atomic mass is 10.0. The summed E-state index contributed by atoms with van der Waals surface area (Å²) >= 11 is 0. The molecule has 0 spiro atoms. The van der Waals surface area contributed by atoms with Gasteiger partial charge < -0.3 is 19.9 Å². The molecule has 7 heteroatoms. The Hall–Kier alpha value is -1.63. The van der Waals surface area contributed by atoms with E-state index in [2.05, 4.69) is 46.6 Å². The van der Waals surface area contributed by atoms with Gasteiger partial charge in [0.1, 0.15) is 12.4 Å². The molecule has 0 aliphatic rings. The lowest BCUT2D eigenvalue weighted by Gasteiger charge is -2.18. The second kappa shape index (κ2) is 11.8. The predicted octanol–water partition coefficient (Wildman–Crippen LogP) is 2.41. The zero-order chi connectivity index (χ0) is 18.7. The Kier molecular flexibility index (Phi) is 10.1. The van der Waals surface area contributed by atoms with E-state index in [0.717, 1.165) is 49.5 Å². The summed E-state index contributed by atoms with van der Waals surface area (Å²) in [5.41, 5.74) is 0. The number of methoxy groups -OCH3 is 1. The molecule has 1 rings (SSSR count). The van der Waals surface area contributed by atoms with Crippen LogP contribution in [0.5, 0.6) is 0 Å². The first-order valence-electron chi connectivity index (χ1n) is 9.32. The molecule has 1 aromatic rings. The number of aryl methyl sites for hydroxylation is 1. The Balaban J connectivity index is 2.57. The second-order valence-corrected chi connectivity index (χ2v) is 7.03. The highest BCUT2D eigenvalue weighted by Crippen LogP contribution is 2.08. The fourth-order valence-electron chi connectivity index (χ4n) is 2.45. The van der Waals surface area contributed by atoms with Gasteiger partial charge in [-0.25, -0.2) is 4.99 Å². The number of aromatic nitrogens is 3. The number of aliphatic imine (C=N–C) groups is 1. The molecular weight excluding hydrogens is 316 g/mol. The van der Waals surface area contributed by atoms with Gasteiger partial charge in [-0.2, -0.15) is 0 Å². The average Bonchev–Trinajstić information content (AvgIpc) is 2.87. The van der Waals surface area contributed by atoms with E-state index in [4.69, 9.17) is 4.74 Å². The van der Waals surface area contributed by atoms with E-state index in [9.17, 15) is 0 Å². The third-order valence-corrected chi connectivity index (χ3v) is 4.18. The molecule has 144 valence electrons. The molecule has 7 nitrogen and oxygen atoms in total. The number of ether oxygens (including phenoxy) is 1. The first-order valence-corrected chi connectivity index (χ1v) is 9.32. The SMILES string of the molecule is COCCCNC(=NCc1nnc(C)n1C)NC(C)CCCC(C)C. The van der Waals surface area contributed by atoms with E-state index in [-0.39, 0.29) is 0 Å². The van der Waals surface area contributed by atoms with Crippen LogP contribution in [0, 0.1) is 12.8 Å². The number of guanidine groups is 1. The molecule has 0 fully saturated rings. The zero-order valence-electron chi connectivity index (χ0n) is 16.8. The minimum atomic E-state index is 0.383. The van der Waals surface area contributed by atoms with Crippen LogP contribution in [0.25, 0.3) is 0 Å². The molecule has 1 aromatic heterocycles. The van der Waals surface area contributed by atoms with Crippen LogP contribution < -0.4 is 10.6 Å². The van der Waals surface area contributed by atoms with Gasteiger partial charge in [-0.3, -0.25) is 0 Å². The summed E-state index contributed by atoms with van der Waals surface area (Å²) in [6.07, 6.45) is 4.57. The molecule has 1 heterocycles. The van der Waals surface area contributed by atoms with Crippen LogP contribution >= 0.6 is 0 Å². The van der Waals surface area contributed by atoms with Gasteiger partial charge in [0.05, 0.1) is 0 Å². The minimum Gasteiger partial charge on any atom is -0.385 e. The molecule has 0 saturated heterocycles. The molecular formula is C18H36N6O. The standard InChI is InChI=1S/C18H36N6O/c1-14(2)9-7-10-15(3)21-18(19-11-8-12-25-6)20-13-17-23-22-16(4)24(17)5/h14-15H,7-13H2,1-6H3,(H2,19,20,21). The van der Waals surface area contributed by atoms with Crippen molar-refractivity contribution in [3.05, 3.63) is 11.6 Å². The first-order chi connectivity index (χ1) is 11.9. The Morgan fingerprint density at radius 2 is 1.96 bits per heavy atom. The lowest BCUT2D eigenvalue weighted by Crippen LogP contribution is -2.43. The van der Waals surface area contributed by atoms with Gasteiger partial charge in [0, 0.05) is 33.4 Å². The number of hydrogen-bond donors (Lipinski definition) is 2. The van der Waals surface area contributed by atoms with Crippen LogP contribution in [-0.2, 0) is 18.3 Å². The summed E-state index contributed by atoms with van der Waals surface area (Å²) in [5.74, 6) is 3.35. The van der Waals surface area contributed by atoms with E-state index in [1.54, 1.807) is 7.11 Å². The molecule has 0 radical (unpaired) electrons. The van der Waals surface area contributed by atoms with Crippen molar-refractivity contribution in [2.75, 3.05) is 20.3 Å². The highest BCUT2D eigenvalue weighted by molar-refractivity contribution is 5.80. The molecule has 0 saturated carbocycles. The van der Waals surface area contributed by atoms with Crippen molar-refractivity contribution in [2.45, 2.75) is 66.0 Å². The summed E-state index contributed by atoms with van der Waals surface area (Å²) in [6.45, 7) is 10.8. The van der Waals surface area contributed by atoms with Crippen molar-refractivity contribution >= 4 is 5.96 Å². The van der Waals surface area contributed by atoms with Gasteiger partial charge in [0.25, 0.3) is 0 Å². The van der Waals surface area contributed by atoms with E-state index >= 15 is 0 Å². The van der Waals surface area contributed by atoms with E-state index in [1.165, 1.54) is 12.8 Å². The summed E-state index contributed by atoms with van der Waals surface area (Å²) in [4.78, 5) is 4.68. The van der Waals surface area contributed by atoms with E-state index in [1.807, 2.05) is 18.5 Å². The van der Waals surface area contributed by atoms with Gasteiger partial charge in [0.15, 0.2) is 11.8 Å². The number of nitrogens with zero attached hydrogens (tertiary/aromatic N) is 4. The van der Waals surface area contributed by atoms with Gasteiger partial charge in [0.2, 0.25) is 0 Å². The fraction of sp³-hybridized carbons (Fsp3) is 0.833. The molecule has 1 atom stereocenters. The van der Waals surface area contributed by atoms with Gasteiger partial charge in [-0.05, 0) is 32.6 Å². The quantitative estimate of drug-likeness (QED) is 0.363. The molecule has 0 amide bonds. The van der Waals surface area contributed by atoms with Crippen LogP contribution in [0.4, 0.5) is 0 Å². The lowest BCUT2D eigenvalue weighted by molar-refractivity contribution is 0.195. The summed E-state index contributed by atoms with van der Waals surface area (Å²) in [6, 6.07) is 0.383. The van der Waals surface area contributed by atoms with Crippen molar-refractivity contribution in [1.29, 1.82) is 0 Å². The maximum Gasteiger partial charge on any atom is 0.191 e.